The Balaban J connectivity index is 1.77. The van der Waals surface area contributed by atoms with Crippen molar-refractivity contribution in [2.75, 3.05) is 25.5 Å². The van der Waals surface area contributed by atoms with E-state index < -0.39 is 5.60 Å². The van der Waals surface area contributed by atoms with Crippen LogP contribution in [0.1, 0.15) is 20.8 Å². The lowest BCUT2D eigenvalue weighted by atomic mass is 10.1. The van der Waals surface area contributed by atoms with Gasteiger partial charge in [0.1, 0.15) is 23.3 Å². The first-order chi connectivity index (χ1) is 9.37. The van der Waals surface area contributed by atoms with E-state index >= 15 is 0 Å². The highest BCUT2D eigenvalue weighted by molar-refractivity contribution is 5.69. The minimum atomic E-state index is -0.462. The number of carbonyl (C=O) groups excluding carboxylic acids is 1. The smallest absolute Gasteiger partial charge is 0.410 e. The molecule has 0 radical (unpaired) electrons. The highest BCUT2D eigenvalue weighted by atomic mass is 16.6. The summed E-state index contributed by atoms with van der Waals surface area (Å²) in [5.74, 6) is 1.50. The SMILES string of the molecule is CNc1ccc(OC2CN(C(=O)OC(C)(C)C)C2)cn1. The molecule has 0 aliphatic carbocycles. The van der Waals surface area contributed by atoms with Crippen molar-refractivity contribution in [3.05, 3.63) is 18.3 Å². The average molecular weight is 279 g/mol. The quantitative estimate of drug-likeness (QED) is 0.918. The number of hydrogen-bond donors (Lipinski definition) is 1. The molecule has 0 bridgehead atoms. The summed E-state index contributed by atoms with van der Waals surface area (Å²) < 4.78 is 11.0. The van der Waals surface area contributed by atoms with E-state index in [-0.39, 0.29) is 12.2 Å². The zero-order chi connectivity index (χ0) is 14.8. The molecule has 2 heterocycles. The highest BCUT2D eigenvalue weighted by Gasteiger charge is 2.35. The molecule has 1 N–H and O–H groups in total. The van der Waals surface area contributed by atoms with Crippen molar-refractivity contribution in [3.63, 3.8) is 0 Å². The van der Waals surface area contributed by atoms with Crippen LogP contribution in [-0.4, -0.2) is 47.8 Å². The Morgan fingerprint density at radius 3 is 2.60 bits per heavy atom. The second-order valence-electron chi connectivity index (χ2n) is 5.75. The summed E-state index contributed by atoms with van der Waals surface area (Å²) in [4.78, 5) is 17.6. The predicted octanol–water partition coefficient (Wildman–Crippen LogP) is 2.12. The largest absolute Gasteiger partial charge is 0.485 e. The van der Waals surface area contributed by atoms with Crippen LogP contribution >= 0.6 is 0 Å². The summed E-state index contributed by atoms with van der Waals surface area (Å²) in [6, 6.07) is 3.70. The topological polar surface area (TPSA) is 63.7 Å². The first-order valence-electron chi connectivity index (χ1n) is 6.66. The van der Waals surface area contributed by atoms with E-state index in [4.69, 9.17) is 9.47 Å². The lowest BCUT2D eigenvalue weighted by Gasteiger charge is -2.39. The van der Waals surface area contributed by atoms with Crippen LogP contribution in [0, 0.1) is 0 Å². The van der Waals surface area contributed by atoms with E-state index in [1.807, 2.05) is 40.0 Å². The third-order valence-corrected chi connectivity index (χ3v) is 2.79. The molecule has 1 aliphatic rings. The average Bonchev–Trinajstić information content (AvgIpc) is 2.31. The number of anilines is 1. The third-order valence-electron chi connectivity index (χ3n) is 2.79. The van der Waals surface area contributed by atoms with Gasteiger partial charge in [-0.1, -0.05) is 0 Å². The van der Waals surface area contributed by atoms with Crippen LogP contribution in [0.5, 0.6) is 5.75 Å². The van der Waals surface area contributed by atoms with Gasteiger partial charge in [0.15, 0.2) is 0 Å². The summed E-state index contributed by atoms with van der Waals surface area (Å²) in [5, 5.41) is 2.94. The number of hydrogen-bond acceptors (Lipinski definition) is 5. The highest BCUT2D eigenvalue weighted by Crippen LogP contribution is 2.20. The maximum Gasteiger partial charge on any atom is 0.410 e. The molecule has 0 unspecified atom stereocenters. The summed E-state index contributed by atoms with van der Waals surface area (Å²) in [6.07, 6.45) is 1.38. The Bertz CT molecular complexity index is 462. The first-order valence-corrected chi connectivity index (χ1v) is 6.66. The second kappa shape index (κ2) is 5.56. The molecule has 2 rings (SSSR count). The maximum atomic E-state index is 11.7. The summed E-state index contributed by atoms with van der Waals surface area (Å²) >= 11 is 0. The normalized spacial score (nSPS) is 15.5. The van der Waals surface area contributed by atoms with E-state index in [0.717, 1.165) is 5.82 Å². The van der Waals surface area contributed by atoms with Crippen molar-refractivity contribution in [1.29, 1.82) is 0 Å². The standard InChI is InChI=1S/C14H21N3O3/c1-14(2,3)20-13(18)17-8-11(9-17)19-10-5-6-12(15-4)16-7-10/h5-7,11H,8-9H2,1-4H3,(H,15,16). The number of aromatic nitrogens is 1. The van der Waals surface area contributed by atoms with E-state index in [1.165, 1.54) is 0 Å². The van der Waals surface area contributed by atoms with Crippen LogP contribution in [0.2, 0.25) is 0 Å². The van der Waals surface area contributed by atoms with Gasteiger partial charge < -0.3 is 19.7 Å². The monoisotopic (exact) mass is 279 g/mol. The molecular formula is C14H21N3O3. The van der Waals surface area contributed by atoms with Gasteiger partial charge in [-0.05, 0) is 32.9 Å². The van der Waals surface area contributed by atoms with Gasteiger partial charge in [-0.3, -0.25) is 0 Å². The van der Waals surface area contributed by atoms with Crippen molar-refractivity contribution in [3.8, 4) is 5.75 Å². The number of carbonyl (C=O) groups is 1. The van der Waals surface area contributed by atoms with E-state index in [9.17, 15) is 4.79 Å². The van der Waals surface area contributed by atoms with Crippen molar-refractivity contribution in [2.45, 2.75) is 32.5 Å². The molecule has 1 saturated heterocycles. The fourth-order valence-corrected chi connectivity index (χ4v) is 1.78. The Labute approximate surface area is 119 Å². The zero-order valence-electron chi connectivity index (χ0n) is 12.3. The fraction of sp³-hybridized carbons (Fsp3) is 0.571. The minimum Gasteiger partial charge on any atom is -0.485 e. The van der Waals surface area contributed by atoms with Gasteiger partial charge in [-0.15, -0.1) is 0 Å². The number of amides is 1. The van der Waals surface area contributed by atoms with Crippen LogP contribution < -0.4 is 10.1 Å². The van der Waals surface area contributed by atoms with Crippen LogP contribution in [0.3, 0.4) is 0 Å². The predicted molar refractivity (Wildman–Crippen MR) is 76.0 cm³/mol. The van der Waals surface area contributed by atoms with Crippen LogP contribution in [0.4, 0.5) is 10.6 Å². The van der Waals surface area contributed by atoms with Crippen molar-refractivity contribution in [1.82, 2.24) is 9.88 Å². The second-order valence-corrected chi connectivity index (χ2v) is 5.75. The minimum absolute atomic E-state index is 0.00440. The molecule has 110 valence electrons. The fourth-order valence-electron chi connectivity index (χ4n) is 1.78. The summed E-state index contributed by atoms with van der Waals surface area (Å²) in [6.45, 7) is 6.65. The molecule has 0 aromatic carbocycles. The van der Waals surface area contributed by atoms with Gasteiger partial charge in [0.05, 0.1) is 19.3 Å². The number of nitrogens with one attached hydrogen (secondary N) is 1. The van der Waals surface area contributed by atoms with Gasteiger partial charge in [0, 0.05) is 7.05 Å². The molecule has 1 aromatic rings. The molecule has 1 aromatic heterocycles. The van der Waals surface area contributed by atoms with Crippen molar-refractivity contribution < 1.29 is 14.3 Å². The number of pyridine rings is 1. The van der Waals surface area contributed by atoms with Gasteiger partial charge in [0.2, 0.25) is 0 Å². The van der Waals surface area contributed by atoms with E-state index in [0.29, 0.717) is 18.8 Å². The molecule has 0 atom stereocenters. The van der Waals surface area contributed by atoms with Crippen LogP contribution in [0.15, 0.2) is 18.3 Å². The Kier molecular flexibility index (Phi) is 4.01. The molecule has 1 amide bonds. The number of rotatable bonds is 3. The van der Waals surface area contributed by atoms with Crippen molar-refractivity contribution in [2.24, 2.45) is 0 Å². The summed E-state index contributed by atoms with van der Waals surface area (Å²) in [5.41, 5.74) is -0.462. The van der Waals surface area contributed by atoms with Gasteiger partial charge in [-0.2, -0.15) is 0 Å². The van der Waals surface area contributed by atoms with Crippen LogP contribution in [0.25, 0.3) is 0 Å². The Hall–Kier alpha value is -1.98. The first kappa shape index (κ1) is 14.4. The molecule has 0 saturated carbocycles. The lowest BCUT2D eigenvalue weighted by Crippen LogP contribution is -2.57. The summed E-state index contributed by atoms with van der Waals surface area (Å²) in [7, 11) is 1.81. The third kappa shape index (κ3) is 3.76. The van der Waals surface area contributed by atoms with E-state index in [1.54, 1.807) is 11.1 Å². The van der Waals surface area contributed by atoms with Gasteiger partial charge >= 0.3 is 6.09 Å². The maximum absolute atomic E-state index is 11.7. The molecule has 20 heavy (non-hydrogen) atoms. The van der Waals surface area contributed by atoms with Crippen molar-refractivity contribution >= 4 is 11.9 Å². The number of likely N-dealkylation sites (tertiary alicyclic amines) is 1. The molecular weight excluding hydrogens is 258 g/mol. The van der Waals surface area contributed by atoms with Gasteiger partial charge in [0.25, 0.3) is 0 Å². The molecule has 0 spiro atoms. The molecule has 6 heteroatoms. The number of ether oxygens (including phenoxy) is 2. The molecule has 6 nitrogen and oxygen atoms in total. The zero-order valence-corrected chi connectivity index (χ0v) is 12.3. The van der Waals surface area contributed by atoms with Crippen LogP contribution in [-0.2, 0) is 4.74 Å². The van der Waals surface area contributed by atoms with Gasteiger partial charge in [-0.25, -0.2) is 9.78 Å². The Morgan fingerprint density at radius 1 is 1.40 bits per heavy atom. The lowest BCUT2D eigenvalue weighted by molar-refractivity contribution is -0.0222. The molecule has 1 fully saturated rings. The molecule has 1 aliphatic heterocycles. The van der Waals surface area contributed by atoms with E-state index in [2.05, 4.69) is 10.3 Å². The number of nitrogens with zero attached hydrogens (tertiary/aromatic N) is 2. The Morgan fingerprint density at radius 2 is 2.10 bits per heavy atom.